The number of sulfone groups is 1. The van der Waals surface area contributed by atoms with E-state index in [2.05, 4.69) is 15.6 Å². The van der Waals surface area contributed by atoms with Crippen LogP contribution in [-0.2, 0) is 16.3 Å². The molecule has 0 radical (unpaired) electrons. The van der Waals surface area contributed by atoms with E-state index < -0.39 is 9.84 Å². The second kappa shape index (κ2) is 12.3. The van der Waals surface area contributed by atoms with Gasteiger partial charge in [0, 0.05) is 37.0 Å². The molecule has 0 amide bonds. The van der Waals surface area contributed by atoms with Crippen molar-refractivity contribution in [3.8, 4) is 0 Å². The number of benzene rings is 2. The van der Waals surface area contributed by atoms with Gasteiger partial charge in [0.25, 0.3) is 0 Å². The van der Waals surface area contributed by atoms with Crippen LogP contribution in [0, 0.1) is 5.82 Å². The smallest absolute Gasteiger partial charge is 0.191 e. The van der Waals surface area contributed by atoms with Crippen molar-refractivity contribution in [3.05, 3.63) is 59.9 Å². The highest BCUT2D eigenvalue weighted by Gasteiger charge is 2.06. The lowest BCUT2D eigenvalue weighted by molar-refractivity contribution is 0.601. The van der Waals surface area contributed by atoms with Crippen molar-refractivity contribution >= 4 is 51.5 Å². The molecule has 5 nitrogen and oxygen atoms in total. The first kappa shape index (κ1) is 24.7. The highest BCUT2D eigenvalue weighted by Crippen LogP contribution is 2.20. The first-order chi connectivity index (χ1) is 12.9. The van der Waals surface area contributed by atoms with Gasteiger partial charge in [0.15, 0.2) is 15.8 Å². The molecule has 154 valence electrons. The summed E-state index contributed by atoms with van der Waals surface area (Å²) in [6.45, 7) is 1.32. The molecule has 2 rings (SSSR count). The van der Waals surface area contributed by atoms with Gasteiger partial charge in [-0.3, -0.25) is 4.99 Å². The van der Waals surface area contributed by atoms with Crippen LogP contribution in [0.4, 0.5) is 4.39 Å². The summed E-state index contributed by atoms with van der Waals surface area (Å²) < 4.78 is 36.5. The molecule has 0 saturated heterocycles. The molecule has 0 fully saturated rings. The molecule has 0 saturated carbocycles. The van der Waals surface area contributed by atoms with Gasteiger partial charge in [-0.15, -0.1) is 35.7 Å². The number of hydrogen-bond acceptors (Lipinski definition) is 4. The van der Waals surface area contributed by atoms with Crippen LogP contribution in [0.15, 0.2) is 63.3 Å². The molecule has 0 aliphatic heterocycles. The zero-order valence-corrected chi connectivity index (χ0v) is 19.8. The fraction of sp³-hybridized carbons (Fsp3) is 0.316. The van der Waals surface area contributed by atoms with Crippen molar-refractivity contribution in [1.29, 1.82) is 0 Å². The number of nitrogens with zero attached hydrogens (tertiary/aromatic N) is 1. The molecule has 0 aromatic heterocycles. The molecule has 2 N–H and O–H groups in total. The fourth-order valence-electron chi connectivity index (χ4n) is 2.34. The number of aliphatic imine (C=N–C) groups is 1. The number of rotatable bonds is 8. The fourth-order valence-corrected chi connectivity index (χ4v) is 3.78. The maximum atomic E-state index is 13.5. The maximum absolute atomic E-state index is 13.5. The van der Waals surface area contributed by atoms with Crippen molar-refractivity contribution < 1.29 is 12.8 Å². The van der Waals surface area contributed by atoms with E-state index in [9.17, 15) is 12.8 Å². The lowest BCUT2D eigenvalue weighted by Gasteiger charge is -2.12. The van der Waals surface area contributed by atoms with Crippen LogP contribution in [0.25, 0.3) is 0 Å². The quantitative estimate of drug-likeness (QED) is 0.178. The molecule has 0 atom stereocenters. The number of guanidine groups is 1. The summed E-state index contributed by atoms with van der Waals surface area (Å²) in [5, 5.41) is 6.40. The third-order valence-corrected chi connectivity index (χ3v) is 5.95. The van der Waals surface area contributed by atoms with Crippen LogP contribution in [-0.4, -0.2) is 46.5 Å². The van der Waals surface area contributed by atoms with E-state index in [1.165, 1.54) is 24.1 Å². The lowest BCUT2D eigenvalue weighted by atomic mass is 10.1. The highest BCUT2D eigenvalue weighted by atomic mass is 127. The Hall–Kier alpha value is -1.33. The van der Waals surface area contributed by atoms with E-state index in [0.717, 1.165) is 12.0 Å². The number of halogens is 2. The minimum Gasteiger partial charge on any atom is -0.356 e. The second-order valence-corrected chi connectivity index (χ2v) is 9.02. The van der Waals surface area contributed by atoms with Gasteiger partial charge in [-0.05, 0) is 36.2 Å². The Balaban J connectivity index is 0.00000392. The van der Waals surface area contributed by atoms with Gasteiger partial charge in [0.1, 0.15) is 5.82 Å². The molecule has 0 unspecified atom stereocenters. The van der Waals surface area contributed by atoms with Gasteiger partial charge in [-0.1, -0.05) is 24.3 Å². The summed E-state index contributed by atoms with van der Waals surface area (Å²) >= 11 is 1.45. The van der Waals surface area contributed by atoms with Crippen molar-refractivity contribution in [2.75, 3.05) is 32.1 Å². The Kier molecular flexibility index (Phi) is 10.8. The molecule has 0 aliphatic carbocycles. The molecular weight excluding hydrogens is 512 g/mol. The van der Waals surface area contributed by atoms with E-state index >= 15 is 0 Å². The van der Waals surface area contributed by atoms with Crippen molar-refractivity contribution in [2.24, 2.45) is 4.99 Å². The van der Waals surface area contributed by atoms with Crippen LogP contribution >= 0.6 is 35.7 Å². The van der Waals surface area contributed by atoms with E-state index in [-0.39, 0.29) is 29.8 Å². The summed E-state index contributed by atoms with van der Waals surface area (Å²) in [6.07, 6.45) is 1.94. The maximum Gasteiger partial charge on any atom is 0.191 e. The minimum absolute atomic E-state index is 0. The monoisotopic (exact) mass is 537 g/mol. The topological polar surface area (TPSA) is 70.6 Å². The highest BCUT2D eigenvalue weighted by molar-refractivity contribution is 14.0. The summed E-state index contributed by atoms with van der Waals surface area (Å²) in [6, 6.07) is 13.6. The Bertz CT molecular complexity index is 875. The Morgan fingerprint density at radius 2 is 1.71 bits per heavy atom. The summed E-state index contributed by atoms with van der Waals surface area (Å²) in [5.41, 5.74) is 1.04. The third-order valence-electron chi connectivity index (χ3n) is 3.77. The van der Waals surface area contributed by atoms with Gasteiger partial charge in [-0.25, -0.2) is 12.8 Å². The predicted molar refractivity (Wildman–Crippen MR) is 125 cm³/mol. The zero-order chi connectivity index (χ0) is 19.7. The van der Waals surface area contributed by atoms with Crippen molar-refractivity contribution in [2.45, 2.75) is 16.2 Å². The molecule has 28 heavy (non-hydrogen) atoms. The SMILES string of the molecule is CN=C(NCCSc1ccccc1F)NCCc1ccc(S(C)(=O)=O)cc1.I. The Morgan fingerprint density at radius 1 is 1.07 bits per heavy atom. The van der Waals surface area contributed by atoms with Gasteiger partial charge in [0.2, 0.25) is 0 Å². The lowest BCUT2D eigenvalue weighted by Crippen LogP contribution is -2.39. The predicted octanol–water partition coefficient (Wildman–Crippen LogP) is 3.35. The molecule has 2 aromatic rings. The van der Waals surface area contributed by atoms with Gasteiger partial charge in [0.05, 0.1) is 4.90 Å². The van der Waals surface area contributed by atoms with Crippen LogP contribution in [0.3, 0.4) is 0 Å². The van der Waals surface area contributed by atoms with Gasteiger partial charge >= 0.3 is 0 Å². The summed E-state index contributed by atoms with van der Waals surface area (Å²) in [5.74, 6) is 1.19. The van der Waals surface area contributed by atoms with Crippen LogP contribution in [0.1, 0.15) is 5.56 Å². The van der Waals surface area contributed by atoms with Gasteiger partial charge in [-0.2, -0.15) is 0 Å². The Labute approximate surface area is 187 Å². The van der Waals surface area contributed by atoms with E-state index in [1.807, 2.05) is 18.2 Å². The number of thioether (sulfide) groups is 1. The standard InChI is InChI=1S/C19H24FN3O2S2.HI/c1-21-19(23-13-14-26-18-6-4-3-5-17(18)20)22-12-11-15-7-9-16(10-8-15)27(2,24)25;/h3-10H,11-14H2,1-2H3,(H2,21,22,23);1H. The van der Waals surface area contributed by atoms with Crippen LogP contribution in [0.2, 0.25) is 0 Å². The summed E-state index contributed by atoms with van der Waals surface area (Å²) in [4.78, 5) is 5.12. The van der Waals surface area contributed by atoms with Crippen LogP contribution < -0.4 is 10.6 Å². The first-order valence-corrected chi connectivity index (χ1v) is 11.4. The molecule has 0 bridgehead atoms. The molecule has 0 heterocycles. The molecule has 0 spiro atoms. The van der Waals surface area contributed by atoms with E-state index in [0.29, 0.717) is 34.6 Å². The molecule has 9 heteroatoms. The number of hydrogen-bond donors (Lipinski definition) is 2. The van der Waals surface area contributed by atoms with E-state index in [4.69, 9.17) is 0 Å². The van der Waals surface area contributed by atoms with Crippen molar-refractivity contribution in [1.82, 2.24) is 10.6 Å². The normalized spacial score (nSPS) is 11.6. The van der Waals surface area contributed by atoms with Crippen LogP contribution in [0.5, 0.6) is 0 Å². The average Bonchev–Trinajstić information content (AvgIpc) is 2.64. The minimum atomic E-state index is -3.16. The Morgan fingerprint density at radius 3 is 2.32 bits per heavy atom. The molecule has 0 aliphatic rings. The summed E-state index contributed by atoms with van der Waals surface area (Å²) in [7, 11) is -1.47. The van der Waals surface area contributed by atoms with E-state index in [1.54, 1.807) is 31.3 Å². The largest absolute Gasteiger partial charge is 0.356 e. The third kappa shape index (κ3) is 8.36. The molecular formula is C19H25FIN3O2S2. The zero-order valence-electron chi connectivity index (χ0n) is 15.8. The average molecular weight is 537 g/mol. The second-order valence-electron chi connectivity index (χ2n) is 5.87. The first-order valence-electron chi connectivity index (χ1n) is 8.51. The van der Waals surface area contributed by atoms with Crippen molar-refractivity contribution in [3.63, 3.8) is 0 Å². The number of nitrogens with one attached hydrogen (secondary N) is 2. The van der Waals surface area contributed by atoms with Gasteiger partial charge < -0.3 is 10.6 Å². The molecule has 2 aromatic carbocycles.